The Bertz CT molecular complexity index is 72.6. The van der Waals surface area contributed by atoms with Crippen molar-refractivity contribution >= 4 is 31.9 Å². The van der Waals surface area contributed by atoms with E-state index in [2.05, 4.69) is 37.9 Å². The first kappa shape index (κ1) is 8.70. The second kappa shape index (κ2) is 5.83. The quantitative estimate of drug-likeness (QED) is 0.525. The Kier molecular flexibility index (Phi) is 6.34. The van der Waals surface area contributed by atoms with Crippen LogP contribution in [0.1, 0.15) is 19.8 Å². The van der Waals surface area contributed by atoms with E-state index in [0.717, 1.165) is 5.33 Å². The molecule has 0 aromatic rings. The van der Waals surface area contributed by atoms with Crippen molar-refractivity contribution in [3.8, 4) is 0 Å². The molecule has 0 aromatic heterocycles. The van der Waals surface area contributed by atoms with Crippen molar-refractivity contribution in [3.63, 3.8) is 0 Å². The minimum absolute atomic E-state index is 1.10. The van der Waals surface area contributed by atoms with E-state index in [-0.39, 0.29) is 0 Å². The second-order valence-electron chi connectivity index (χ2n) is 1.62. The van der Waals surface area contributed by atoms with Crippen LogP contribution in [0, 0.1) is 0 Å². The van der Waals surface area contributed by atoms with Crippen molar-refractivity contribution in [2.24, 2.45) is 0 Å². The van der Waals surface area contributed by atoms with Crippen LogP contribution < -0.4 is 0 Å². The summed E-state index contributed by atoms with van der Waals surface area (Å²) in [5, 5.41) is 1.10. The van der Waals surface area contributed by atoms with Gasteiger partial charge in [0.05, 0.1) is 0 Å². The Hall–Kier alpha value is 0.700. The molecule has 0 radical (unpaired) electrons. The van der Waals surface area contributed by atoms with Gasteiger partial charge in [-0.05, 0) is 24.2 Å². The smallest absolute Gasteiger partial charge is 0.00342 e. The molecule has 0 atom stereocenters. The maximum absolute atomic E-state index is 3.35. The van der Waals surface area contributed by atoms with Gasteiger partial charge in [-0.1, -0.05) is 37.9 Å². The van der Waals surface area contributed by atoms with Gasteiger partial charge < -0.3 is 0 Å². The highest BCUT2D eigenvalue weighted by Crippen LogP contribution is 2.05. The number of halogens is 2. The molecule has 0 spiro atoms. The van der Waals surface area contributed by atoms with E-state index in [4.69, 9.17) is 0 Å². The van der Waals surface area contributed by atoms with Crippen LogP contribution in [0.15, 0.2) is 10.6 Å². The summed E-state index contributed by atoms with van der Waals surface area (Å²) in [4.78, 5) is 0. The molecular weight excluding hydrogens is 232 g/mol. The van der Waals surface area contributed by atoms with Crippen LogP contribution in [0.2, 0.25) is 0 Å². The van der Waals surface area contributed by atoms with Crippen molar-refractivity contribution < 1.29 is 0 Å². The highest BCUT2D eigenvalue weighted by molar-refractivity contribution is 9.11. The van der Waals surface area contributed by atoms with Crippen LogP contribution in [0.3, 0.4) is 0 Å². The van der Waals surface area contributed by atoms with Crippen LogP contribution in [0.5, 0.6) is 0 Å². The third-order valence-corrected chi connectivity index (χ3v) is 1.65. The van der Waals surface area contributed by atoms with Crippen molar-refractivity contribution in [1.29, 1.82) is 0 Å². The van der Waals surface area contributed by atoms with Crippen LogP contribution in [-0.2, 0) is 0 Å². The van der Waals surface area contributed by atoms with Crippen LogP contribution in [-0.4, -0.2) is 5.33 Å². The lowest BCUT2D eigenvalue weighted by Crippen LogP contribution is -1.70. The zero-order chi connectivity index (χ0) is 6.41. The lowest BCUT2D eigenvalue weighted by molar-refractivity contribution is 0.976. The van der Waals surface area contributed by atoms with Crippen LogP contribution in [0.25, 0.3) is 0 Å². The van der Waals surface area contributed by atoms with Crippen molar-refractivity contribution in [2.45, 2.75) is 19.8 Å². The first-order valence-electron chi connectivity index (χ1n) is 2.65. The number of allylic oxidation sites excluding steroid dienone is 2. The van der Waals surface area contributed by atoms with E-state index < -0.39 is 0 Å². The fourth-order valence-electron chi connectivity index (χ4n) is 0.378. The first-order chi connectivity index (χ1) is 3.77. The van der Waals surface area contributed by atoms with E-state index in [1.165, 1.54) is 17.3 Å². The Morgan fingerprint density at radius 2 is 2.25 bits per heavy atom. The average Bonchev–Trinajstić information content (AvgIpc) is 1.66. The molecule has 0 saturated heterocycles. The number of alkyl halides is 1. The molecule has 0 heterocycles. The lowest BCUT2D eigenvalue weighted by atomic mass is 10.3. The molecule has 0 saturated carbocycles. The molecule has 0 amide bonds. The molecule has 0 aliphatic heterocycles. The predicted octanol–water partition coefficient (Wildman–Crippen LogP) is 3.46. The molecule has 0 N–H and O–H groups in total. The molecule has 2 heteroatoms. The van der Waals surface area contributed by atoms with Gasteiger partial charge in [0.1, 0.15) is 0 Å². The fourth-order valence-corrected chi connectivity index (χ4v) is 0.931. The van der Waals surface area contributed by atoms with Crippen LogP contribution in [0.4, 0.5) is 0 Å². The van der Waals surface area contributed by atoms with Crippen molar-refractivity contribution in [1.82, 2.24) is 0 Å². The van der Waals surface area contributed by atoms with Crippen molar-refractivity contribution in [3.05, 3.63) is 10.6 Å². The standard InChI is InChI=1S/C6H10Br2/c1-6(8)4-2-3-5-7/h4H,2-3,5H2,1H3/b6-4-. The van der Waals surface area contributed by atoms with E-state index in [9.17, 15) is 0 Å². The van der Waals surface area contributed by atoms with E-state index in [0.29, 0.717) is 0 Å². The van der Waals surface area contributed by atoms with Gasteiger partial charge >= 0.3 is 0 Å². The first-order valence-corrected chi connectivity index (χ1v) is 4.57. The maximum Gasteiger partial charge on any atom is 0.00342 e. The van der Waals surface area contributed by atoms with Crippen molar-refractivity contribution in [2.75, 3.05) is 5.33 Å². The van der Waals surface area contributed by atoms with Crippen LogP contribution >= 0.6 is 31.9 Å². The van der Waals surface area contributed by atoms with Gasteiger partial charge in [0.15, 0.2) is 0 Å². The average molecular weight is 242 g/mol. The maximum atomic E-state index is 3.35. The molecule has 0 rings (SSSR count). The lowest BCUT2D eigenvalue weighted by Gasteiger charge is -1.86. The molecule has 0 aliphatic rings. The highest BCUT2D eigenvalue weighted by atomic mass is 79.9. The molecule has 0 aliphatic carbocycles. The minimum atomic E-state index is 1.10. The summed E-state index contributed by atoms with van der Waals surface area (Å²) < 4.78 is 1.23. The van der Waals surface area contributed by atoms with Gasteiger partial charge in [-0.15, -0.1) is 0 Å². The summed E-state index contributed by atoms with van der Waals surface area (Å²) in [5.41, 5.74) is 0. The third kappa shape index (κ3) is 6.70. The number of hydrogen-bond donors (Lipinski definition) is 0. The molecule has 8 heavy (non-hydrogen) atoms. The summed E-state index contributed by atoms with van der Waals surface area (Å²) >= 11 is 6.71. The summed E-state index contributed by atoms with van der Waals surface area (Å²) in [6, 6.07) is 0. The zero-order valence-electron chi connectivity index (χ0n) is 4.95. The van der Waals surface area contributed by atoms with Gasteiger partial charge in [-0.3, -0.25) is 0 Å². The highest BCUT2D eigenvalue weighted by Gasteiger charge is 1.80. The largest absolute Gasteiger partial charge is 0.0928 e. The van der Waals surface area contributed by atoms with E-state index in [1.807, 2.05) is 6.92 Å². The van der Waals surface area contributed by atoms with Gasteiger partial charge in [-0.25, -0.2) is 0 Å². The zero-order valence-corrected chi connectivity index (χ0v) is 8.13. The summed E-state index contributed by atoms with van der Waals surface area (Å²) in [6.07, 6.45) is 4.58. The Labute approximate surface area is 67.6 Å². The second-order valence-corrected chi connectivity index (χ2v) is 3.67. The Morgan fingerprint density at radius 3 is 2.62 bits per heavy atom. The predicted molar refractivity (Wildman–Crippen MR) is 45.7 cm³/mol. The summed E-state index contributed by atoms with van der Waals surface area (Å²) in [6.45, 7) is 2.05. The molecule has 0 unspecified atom stereocenters. The van der Waals surface area contributed by atoms with E-state index in [1.54, 1.807) is 0 Å². The van der Waals surface area contributed by atoms with E-state index >= 15 is 0 Å². The van der Waals surface area contributed by atoms with Gasteiger partial charge in [0.25, 0.3) is 0 Å². The SMILES string of the molecule is C/C(Br)=C/CCCBr. The normalized spacial score (nSPS) is 12.1. The molecule has 0 fully saturated rings. The monoisotopic (exact) mass is 240 g/mol. The third-order valence-electron chi connectivity index (χ3n) is 0.763. The fraction of sp³-hybridized carbons (Fsp3) is 0.667. The summed E-state index contributed by atoms with van der Waals surface area (Å²) in [5.74, 6) is 0. The number of hydrogen-bond acceptors (Lipinski definition) is 0. The molecule has 0 aromatic carbocycles. The van der Waals surface area contributed by atoms with Gasteiger partial charge in [-0.2, -0.15) is 0 Å². The number of rotatable bonds is 3. The molecule has 0 bridgehead atoms. The summed E-state index contributed by atoms with van der Waals surface area (Å²) in [7, 11) is 0. The molecule has 0 nitrogen and oxygen atoms in total. The Morgan fingerprint density at radius 1 is 1.62 bits per heavy atom. The Balaban J connectivity index is 3.03. The van der Waals surface area contributed by atoms with Gasteiger partial charge in [0, 0.05) is 5.33 Å². The van der Waals surface area contributed by atoms with Gasteiger partial charge in [0.2, 0.25) is 0 Å². The molecular formula is C6H10Br2. The molecule has 48 valence electrons. The minimum Gasteiger partial charge on any atom is -0.0928 e. The number of unbranched alkanes of at least 4 members (excludes halogenated alkanes) is 1. The topological polar surface area (TPSA) is 0 Å².